The molecule has 1 saturated carbocycles. The smallest absolute Gasteiger partial charge is 0.255 e. The van der Waals surface area contributed by atoms with Gasteiger partial charge in [0.25, 0.3) is 5.91 Å². The third-order valence-corrected chi connectivity index (χ3v) is 7.23. The molecule has 1 amide bonds. The van der Waals surface area contributed by atoms with E-state index in [4.69, 9.17) is 4.98 Å². The predicted molar refractivity (Wildman–Crippen MR) is 120 cm³/mol. The van der Waals surface area contributed by atoms with Crippen LogP contribution in [-0.4, -0.2) is 43.3 Å². The van der Waals surface area contributed by atoms with Crippen LogP contribution >= 0.6 is 0 Å². The molecule has 168 valence electrons. The van der Waals surface area contributed by atoms with Crippen molar-refractivity contribution in [3.05, 3.63) is 59.1 Å². The second-order valence-electron chi connectivity index (χ2n) is 9.45. The number of aryl methyl sites for hydroxylation is 1. The Morgan fingerprint density at radius 1 is 1.30 bits per heavy atom. The van der Waals surface area contributed by atoms with E-state index in [1.807, 2.05) is 23.7 Å². The molecule has 2 unspecified atom stereocenters. The Morgan fingerprint density at radius 2 is 2.15 bits per heavy atom. The molecule has 1 aliphatic heterocycles. The zero-order valence-corrected chi connectivity index (χ0v) is 18.6. The molecule has 3 atom stereocenters. The van der Waals surface area contributed by atoms with E-state index in [9.17, 15) is 10.1 Å². The lowest BCUT2D eigenvalue weighted by Crippen LogP contribution is -2.27. The minimum Gasteiger partial charge on any atom is -0.356 e. The average molecular weight is 443 g/mol. The number of fused-ring (bicyclic) bond motifs is 2. The van der Waals surface area contributed by atoms with Crippen molar-refractivity contribution in [2.24, 2.45) is 18.9 Å². The third kappa shape index (κ3) is 3.65. The van der Waals surface area contributed by atoms with Gasteiger partial charge in [-0.3, -0.25) is 9.48 Å². The maximum Gasteiger partial charge on any atom is 0.255 e. The van der Waals surface area contributed by atoms with Gasteiger partial charge in [0.1, 0.15) is 5.82 Å². The Kier molecular flexibility index (Phi) is 4.68. The number of imidazole rings is 1. The van der Waals surface area contributed by atoms with E-state index in [-0.39, 0.29) is 18.4 Å². The van der Waals surface area contributed by atoms with Crippen LogP contribution in [0.4, 0.5) is 5.82 Å². The van der Waals surface area contributed by atoms with Gasteiger partial charge in [-0.25, -0.2) is 9.97 Å². The van der Waals surface area contributed by atoms with Crippen LogP contribution < -0.4 is 10.2 Å². The Balaban J connectivity index is 1.15. The fraction of sp³-hybridized carbons (Fsp3) is 0.458. The maximum absolute atomic E-state index is 12.8. The van der Waals surface area contributed by atoms with Crippen LogP contribution in [0.3, 0.4) is 0 Å². The highest BCUT2D eigenvalue weighted by Gasteiger charge is 2.45. The van der Waals surface area contributed by atoms with Crippen molar-refractivity contribution in [1.29, 1.82) is 5.26 Å². The van der Waals surface area contributed by atoms with E-state index in [0.29, 0.717) is 12.1 Å². The summed E-state index contributed by atoms with van der Waals surface area (Å²) < 4.78 is 3.75. The van der Waals surface area contributed by atoms with Gasteiger partial charge in [-0.1, -0.05) is 6.07 Å². The SMILES string of the molecule is Cn1cnc2c1CC[C@H]2NC(=O)c1cnn(Cc2ccc(N3CC4CC4C3)nc2CC#N)c1. The fourth-order valence-corrected chi connectivity index (χ4v) is 5.26. The molecule has 3 aliphatic rings. The highest BCUT2D eigenvalue weighted by atomic mass is 16.1. The van der Waals surface area contributed by atoms with Crippen molar-refractivity contribution in [2.75, 3.05) is 18.0 Å². The van der Waals surface area contributed by atoms with Gasteiger partial charge in [-0.2, -0.15) is 10.4 Å². The first-order valence-electron chi connectivity index (χ1n) is 11.5. The molecule has 0 spiro atoms. The first-order chi connectivity index (χ1) is 16.1. The molecule has 9 nitrogen and oxygen atoms in total. The van der Waals surface area contributed by atoms with Crippen LogP contribution in [-0.2, 0) is 26.4 Å². The van der Waals surface area contributed by atoms with Gasteiger partial charge in [0.05, 0.1) is 54.6 Å². The quantitative estimate of drug-likeness (QED) is 0.626. The Labute approximate surface area is 192 Å². The van der Waals surface area contributed by atoms with E-state index < -0.39 is 0 Å². The number of nitrogens with one attached hydrogen (secondary N) is 1. The zero-order valence-electron chi connectivity index (χ0n) is 18.6. The average Bonchev–Trinajstić information content (AvgIpc) is 3.28. The van der Waals surface area contributed by atoms with E-state index in [2.05, 4.69) is 26.4 Å². The topological polar surface area (TPSA) is 105 Å². The summed E-state index contributed by atoms with van der Waals surface area (Å²) in [6, 6.07) is 6.26. The van der Waals surface area contributed by atoms with Crippen molar-refractivity contribution in [2.45, 2.75) is 38.3 Å². The Bertz CT molecular complexity index is 1260. The number of anilines is 1. The summed E-state index contributed by atoms with van der Waals surface area (Å²) >= 11 is 0. The number of pyridine rings is 1. The molecule has 4 heterocycles. The number of carbonyl (C=O) groups excluding carboxylic acids is 1. The second kappa shape index (κ2) is 7.73. The van der Waals surface area contributed by atoms with Crippen molar-refractivity contribution in [1.82, 2.24) is 29.6 Å². The van der Waals surface area contributed by atoms with Crippen molar-refractivity contribution < 1.29 is 4.79 Å². The number of carbonyl (C=O) groups is 1. The summed E-state index contributed by atoms with van der Waals surface area (Å²) in [6.45, 7) is 2.61. The van der Waals surface area contributed by atoms with Gasteiger partial charge in [-0.15, -0.1) is 0 Å². The lowest BCUT2D eigenvalue weighted by Gasteiger charge is -2.20. The largest absolute Gasteiger partial charge is 0.356 e. The van der Waals surface area contributed by atoms with Crippen LogP contribution in [0.15, 0.2) is 30.9 Å². The van der Waals surface area contributed by atoms with Gasteiger partial charge < -0.3 is 14.8 Å². The number of piperidine rings is 1. The highest BCUT2D eigenvalue weighted by Crippen LogP contribution is 2.46. The van der Waals surface area contributed by atoms with Crippen LogP contribution in [0.5, 0.6) is 0 Å². The summed E-state index contributed by atoms with van der Waals surface area (Å²) in [4.78, 5) is 24.4. The Morgan fingerprint density at radius 3 is 2.97 bits per heavy atom. The van der Waals surface area contributed by atoms with Crippen LogP contribution in [0.2, 0.25) is 0 Å². The number of hydrogen-bond acceptors (Lipinski definition) is 6. The normalized spacial score (nSPS) is 22.7. The summed E-state index contributed by atoms with van der Waals surface area (Å²) in [5.74, 6) is 2.46. The van der Waals surface area contributed by atoms with E-state index >= 15 is 0 Å². The third-order valence-electron chi connectivity index (χ3n) is 7.23. The molecule has 2 aliphatic carbocycles. The van der Waals surface area contributed by atoms with E-state index in [0.717, 1.165) is 60.5 Å². The molecule has 0 radical (unpaired) electrons. The molecule has 2 fully saturated rings. The molecule has 3 aromatic heterocycles. The number of aromatic nitrogens is 5. The lowest BCUT2D eigenvalue weighted by atomic mass is 10.1. The van der Waals surface area contributed by atoms with Gasteiger partial charge in [0.2, 0.25) is 0 Å². The highest BCUT2D eigenvalue weighted by molar-refractivity contribution is 5.94. The minimum atomic E-state index is -0.150. The molecule has 9 heteroatoms. The molecule has 0 aromatic carbocycles. The molecule has 6 rings (SSSR count). The first-order valence-corrected chi connectivity index (χ1v) is 11.5. The summed E-state index contributed by atoms with van der Waals surface area (Å²) in [7, 11) is 1.98. The number of rotatable bonds is 6. The van der Waals surface area contributed by atoms with Gasteiger partial charge >= 0.3 is 0 Å². The van der Waals surface area contributed by atoms with Crippen LogP contribution in [0.1, 0.15) is 51.9 Å². The monoisotopic (exact) mass is 442 g/mol. The number of nitriles is 1. The van der Waals surface area contributed by atoms with Crippen molar-refractivity contribution in [3.63, 3.8) is 0 Å². The minimum absolute atomic E-state index is 0.0624. The number of nitrogens with zero attached hydrogens (tertiary/aromatic N) is 7. The number of amides is 1. The predicted octanol–water partition coefficient (Wildman–Crippen LogP) is 2.00. The maximum atomic E-state index is 12.8. The summed E-state index contributed by atoms with van der Waals surface area (Å²) in [5, 5.41) is 16.8. The Hall–Kier alpha value is -3.67. The summed E-state index contributed by atoms with van der Waals surface area (Å²) in [6.07, 6.45) is 8.52. The molecular formula is C24H26N8O. The molecule has 33 heavy (non-hydrogen) atoms. The van der Waals surface area contributed by atoms with E-state index in [1.165, 1.54) is 12.1 Å². The standard InChI is InChI=1S/C24H26N8O/c1-30-14-26-23-20(3-4-21(23)30)29-24(33)18-9-27-32(13-18)12-15-2-5-22(28-19(15)6-7-25)31-10-16-8-17(16)11-31/h2,5,9,13-14,16-17,20H,3-4,6,8,10-12H2,1H3,(H,29,33)/t16?,17?,20-/m1/s1. The first kappa shape index (κ1) is 20.0. The zero-order chi connectivity index (χ0) is 22.5. The lowest BCUT2D eigenvalue weighted by molar-refractivity contribution is 0.0936. The van der Waals surface area contributed by atoms with Gasteiger partial charge in [0, 0.05) is 32.0 Å². The van der Waals surface area contributed by atoms with E-state index in [1.54, 1.807) is 23.4 Å². The molecular weight excluding hydrogens is 416 g/mol. The summed E-state index contributed by atoms with van der Waals surface area (Å²) in [5.41, 5.74) is 4.39. The second-order valence-corrected chi connectivity index (χ2v) is 9.45. The van der Waals surface area contributed by atoms with Gasteiger partial charge in [-0.05, 0) is 42.7 Å². The van der Waals surface area contributed by atoms with Crippen molar-refractivity contribution >= 4 is 11.7 Å². The fourth-order valence-electron chi connectivity index (χ4n) is 5.26. The molecule has 1 saturated heterocycles. The molecule has 1 N–H and O–H groups in total. The number of hydrogen-bond donors (Lipinski definition) is 1. The molecule has 3 aromatic rings. The van der Waals surface area contributed by atoms with Crippen LogP contribution in [0, 0.1) is 23.2 Å². The molecule has 0 bridgehead atoms. The van der Waals surface area contributed by atoms with Crippen molar-refractivity contribution in [3.8, 4) is 6.07 Å². The van der Waals surface area contributed by atoms with Gasteiger partial charge in [0.15, 0.2) is 0 Å². The van der Waals surface area contributed by atoms with Crippen LogP contribution in [0.25, 0.3) is 0 Å².